The van der Waals surface area contributed by atoms with Gasteiger partial charge in [0.25, 0.3) is 0 Å². The van der Waals surface area contributed by atoms with Gasteiger partial charge in [0.1, 0.15) is 0 Å². The van der Waals surface area contributed by atoms with E-state index < -0.39 is 0 Å². The second-order valence-corrected chi connectivity index (χ2v) is 4.87. The Bertz CT molecular complexity index is 146. The summed E-state index contributed by atoms with van der Waals surface area (Å²) in [5.74, 6) is 0. The lowest BCUT2D eigenvalue weighted by molar-refractivity contribution is 0.189. The van der Waals surface area contributed by atoms with Crippen LogP contribution in [0.25, 0.3) is 0 Å². The smallest absolute Gasteiger partial charge is 0.376 e. The van der Waals surface area contributed by atoms with E-state index in [1.54, 1.807) is 0 Å². The SMILES string of the molecule is CB(O)N1CCC(C)(CI)CC1. The maximum Gasteiger partial charge on any atom is 0.376 e. The average molecular weight is 281 g/mol. The molecule has 70 valence electrons. The maximum absolute atomic E-state index is 9.34. The molecule has 1 N–H and O–H groups in total. The molecule has 0 aliphatic carbocycles. The minimum absolute atomic E-state index is 0.260. The first-order valence-electron chi connectivity index (χ1n) is 4.55. The number of alkyl halides is 1. The van der Waals surface area contributed by atoms with Crippen LogP contribution in [0.4, 0.5) is 0 Å². The Labute approximate surface area is 89.0 Å². The molecule has 0 aromatic carbocycles. The van der Waals surface area contributed by atoms with Crippen LogP contribution in [-0.4, -0.2) is 34.4 Å². The molecule has 0 saturated carbocycles. The number of hydrogen-bond donors (Lipinski definition) is 1. The second-order valence-electron chi connectivity index (χ2n) is 4.11. The molecule has 1 fully saturated rings. The summed E-state index contributed by atoms with van der Waals surface area (Å²) in [5, 5.41) is 9.34. The summed E-state index contributed by atoms with van der Waals surface area (Å²) in [6.07, 6.45) is 2.45. The zero-order valence-electron chi connectivity index (χ0n) is 7.89. The van der Waals surface area contributed by atoms with Crippen molar-refractivity contribution < 1.29 is 5.02 Å². The van der Waals surface area contributed by atoms with Crippen molar-refractivity contribution >= 4 is 29.6 Å². The predicted molar refractivity (Wildman–Crippen MR) is 61.6 cm³/mol. The molecule has 0 amide bonds. The lowest BCUT2D eigenvalue weighted by Crippen LogP contribution is -2.46. The van der Waals surface area contributed by atoms with Gasteiger partial charge in [-0.25, -0.2) is 0 Å². The zero-order chi connectivity index (χ0) is 9.19. The molecule has 1 heterocycles. The van der Waals surface area contributed by atoms with E-state index in [1.165, 1.54) is 17.3 Å². The lowest BCUT2D eigenvalue weighted by atomic mass is 9.76. The Morgan fingerprint density at radius 3 is 2.33 bits per heavy atom. The second kappa shape index (κ2) is 4.29. The van der Waals surface area contributed by atoms with Gasteiger partial charge in [-0.3, -0.25) is 0 Å². The highest BCUT2D eigenvalue weighted by Crippen LogP contribution is 2.32. The molecular formula is C8H17BINO. The Kier molecular flexibility index (Phi) is 3.85. The van der Waals surface area contributed by atoms with E-state index in [4.69, 9.17) is 0 Å². The number of hydrogen-bond acceptors (Lipinski definition) is 2. The van der Waals surface area contributed by atoms with Gasteiger partial charge in [-0.1, -0.05) is 29.5 Å². The van der Waals surface area contributed by atoms with Gasteiger partial charge in [-0.05, 0) is 38.2 Å². The van der Waals surface area contributed by atoms with Crippen molar-refractivity contribution in [3.05, 3.63) is 0 Å². The molecule has 1 rings (SSSR count). The molecule has 0 bridgehead atoms. The Morgan fingerprint density at radius 1 is 1.50 bits per heavy atom. The maximum atomic E-state index is 9.34. The first-order chi connectivity index (χ1) is 5.57. The van der Waals surface area contributed by atoms with Gasteiger partial charge in [0, 0.05) is 4.43 Å². The minimum atomic E-state index is -0.260. The highest BCUT2D eigenvalue weighted by atomic mass is 127. The summed E-state index contributed by atoms with van der Waals surface area (Å²) in [5.41, 5.74) is 0.520. The fourth-order valence-electron chi connectivity index (χ4n) is 1.57. The van der Waals surface area contributed by atoms with Crippen LogP contribution in [0.3, 0.4) is 0 Å². The van der Waals surface area contributed by atoms with Crippen LogP contribution in [-0.2, 0) is 0 Å². The van der Waals surface area contributed by atoms with Crippen LogP contribution < -0.4 is 0 Å². The Hall–Kier alpha value is 0.715. The standard InChI is InChI=1S/C8H17BINO/c1-8(7-10)3-5-11(6-4-8)9(2)12/h12H,3-7H2,1-2H3. The number of halogens is 1. The highest BCUT2D eigenvalue weighted by molar-refractivity contribution is 14.1. The van der Waals surface area contributed by atoms with Crippen LogP contribution in [0.2, 0.25) is 6.82 Å². The molecule has 4 heteroatoms. The average Bonchev–Trinajstić information content (AvgIpc) is 2.05. The normalized spacial score (nSPS) is 24.0. The molecule has 1 saturated heterocycles. The van der Waals surface area contributed by atoms with Crippen LogP contribution in [0.1, 0.15) is 19.8 Å². The van der Waals surface area contributed by atoms with Crippen LogP contribution in [0.15, 0.2) is 0 Å². The van der Waals surface area contributed by atoms with E-state index in [1.807, 2.05) is 6.82 Å². The topological polar surface area (TPSA) is 23.5 Å². The lowest BCUT2D eigenvalue weighted by Gasteiger charge is -2.38. The van der Waals surface area contributed by atoms with Crippen molar-refractivity contribution in [1.29, 1.82) is 0 Å². The molecule has 0 aromatic heterocycles. The van der Waals surface area contributed by atoms with Crippen molar-refractivity contribution in [2.75, 3.05) is 17.5 Å². The van der Waals surface area contributed by atoms with Crippen LogP contribution in [0, 0.1) is 5.41 Å². The van der Waals surface area contributed by atoms with E-state index in [0.717, 1.165) is 13.1 Å². The summed E-state index contributed by atoms with van der Waals surface area (Å²) in [6.45, 7) is 6.31. The zero-order valence-corrected chi connectivity index (χ0v) is 10.0. The minimum Gasteiger partial charge on any atom is -0.437 e. The molecule has 2 nitrogen and oxygen atoms in total. The van der Waals surface area contributed by atoms with Gasteiger partial charge in [0.05, 0.1) is 0 Å². The van der Waals surface area contributed by atoms with Crippen molar-refractivity contribution in [1.82, 2.24) is 4.81 Å². The molecule has 12 heavy (non-hydrogen) atoms. The summed E-state index contributed by atoms with van der Waals surface area (Å²) in [7, 11) is -0.260. The van der Waals surface area contributed by atoms with Crippen molar-refractivity contribution in [2.24, 2.45) is 5.41 Å². The van der Waals surface area contributed by atoms with E-state index in [-0.39, 0.29) is 7.05 Å². The number of rotatable bonds is 2. The van der Waals surface area contributed by atoms with Gasteiger partial charge in [0.15, 0.2) is 0 Å². The summed E-state index contributed by atoms with van der Waals surface area (Å²) in [4.78, 5) is 2.15. The predicted octanol–water partition coefficient (Wildman–Crippen LogP) is 1.63. The fourth-order valence-corrected chi connectivity index (χ4v) is 2.33. The highest BCUT2D eigenvalue weighted by Gasteiger charge is 2.31. The van der Waals surface area contributed by atoms with Crippen LogP contribution >= 0.6 is 22.6 Å². The van der Waals surface area contributed by atoms with Gasteiger partial charge in [-0.15, -0.1) is 0 Å². The third-order valence-corrected chi connectivity index (χ3v) is 4.70. The molecule has 0 spiro atoms. The van der Waals surface area contributed by atoms with E-state index >= 15 is 0 Å². The third-order valence-electron chi connectivity index (χ3n) is 2.86. The molecule has 0 atom stereocenters. The van der Waals surface area contributed by atoms with Gasteiger partial charge < -0.3 is 9.83 Å². The molecule has 1 aliphatic heterocycles. The van der Waals surface area contributed by atoms with Gasteiger partial charge in [-0.2, -0.15) is 0 Å². The quantitative estimate of drug-likeness (QED) is 0.472. The molecule has 1 aliphatic rings. The monoisotopic (exact) mass is 281 g/mol. The number of piperidine rings is 1. The van der Waals surface area contributed by atoms with Crippen molar-refractivity contribution in [3.63, 3.8) is 0 Å². The van der Waals surface area contributed by atoms with Gasteiger partial charge in [0.2, 0.25) is 0 Å². The first kappa shape index (κ1) is 10.8. The van der Waals surface area contributed by atoms with E-state index in [2.05, 4.69) is 34.3 Å². The molecule has 0 unspecified atom stereocenters. The Morgan fingerprint density at radius 2 is 2.00 bits per heavy atom. The van der Waals surface area contributed by atoms with E-state index in [0.29, 0.717) is 5.41 Å². The Balaban J connectivity index is 2.39. The largest absolute Gasteiger partial charge is 0.437 e. The first-order valence-corrected chi connectivity index (χ1v) is 6.08. The van der Waals surface area contributed by atoms with Crippen molar-refractivity contribution in [3.8, 4) is 0 Å². The van der Waals surface area contributed by atoms with Gasteiger partial charge >= 0.3 is 7.05 Å². The van der Waals surface area contributed by atoms with E-state index in [9.17, 15) is 5.02 Å². The van der Waals surface area contributed by atoms with Crippen LogP contribution in [0.5, 0.6) is 0 Å². The van der Waals surface area contributed by atoms with Crippen molar-refractivity contribution in [2.45, 2.75) is 26.6 Å². The molecule has 0 radical (unpaired) electrons. The fraction of sp³-hybridized carbons (Fsp3) is 1.00. The summed E-state index contributed by atoms with van der Waals surface area (Å²) >= 11 is 2.47. The number of nitrogens with zero attached hydrogens (tertiary/aromatic N) is 1. The molecular weight excluding hydrogens is 264 g/mol. The summed E-state index contributed by atoms with van der Waals surface area (Å²) in [6, 6.07) is 0. The molecule has 0 aromatic rings. The summed E-state index contributed by atoms with van der Waals surface area (Å²) < 4.78 is 1.23. The third kappa shape index (κ3) is 2.60.